The average Bonchev–Trinajstić information content (AvgIpc) is 3.10. The molecule has 0 bridgehead atoms. The molecule has 0 radical (unpaired) electrons. The summed E-state index contributed by atoms with van der Waals surface area (Å²) in [5.41, 5.74) is 8.05. The Balaban J connectivity index is 1.52. The molecular weight excluding hydrogens is 534 g/mol. The highest BCUT2D eigenvalue weighted by molar-refractivity contribution is 9.10. The second kappa shape index (κ2) is 9.12. The van der Waals surface area contributed by atoms with Gasteiger partial charge in [-0.15, -0.1) is 0 Å². The fourth-order valence-corrected chi connectivity index (χ4v) is 5.91. The topological polar surface area (TPSA) is 53.9 Å². The van der Waals surface area contributed by atoms with Crippen LogP contribution in [0.2, 0.25) is 0 Å². The van der Waals surface area contributed by atoms with Crippen molar-refractivity contribution in [3.8, 4) is 0 Å². The van der Waals surface area contributed by atoms with Crippen molar-refractivity contribution in [2.45, 2.75) is 36.8 Å². The molecule has 32 heavy (non-hydrogen) atoms. The molecule has 2 aromatic carbocycles. The molecule has 1 aliphatic carbocycles. The number of rotatable bonds is 5. The number of fused-ring (bicyclic) bond motifs is 1. The fourth-order valence-electron chi connectivity index (χ4n) is 4.73. The number of ether oxygens (including phenoxy) is 1. The number of nitrogens with one attached hydrogen (secondary N) is 1. The van der Waals surface area contributed by atoms with Crippen molar-refractivity contribution in [2.75, 3.05) is 6.61 Å². The van der Waals surface area contributed by atoms with Crippen molar-refractivity contribution in [3.05, 3.63) is 76.3 Å². The van der Waals surface area contributed by atoms with Gasteiger partial charge in [-0.25, -0.2) is 5.43 Å². The monoisotopic (exact) mass is 557 g/mol. The first-order valence-corrected chi connectivity index (χ1v) is 12.7. The number of aliphatic imine (C=N–C) groups is 1. The highest BCUT2D eigenvalue weighted by atomic mass is 79.9. The largest absolute Gasteiger partial charge is 0.466 e. The Morgan fingerprint density at radius 3 is 2.69 bits per heavy atom. The zero-order valence-electron chi connectivity index (χ0n) is 17.7. The SMILES string of the molecule is CCOC(=O)C1CCC1C1=NC2C(Br)C(c3ccccc3)NN2C(c2cccc(Br)c2)=C1. The van der Waals surface area contributed by atoms with Gasteiger partial charge in [0.2, 0.25) is 0 Å². The van der Waals surface area contributed by atoms with Crippen molar-refractivity contribution in [1.29, 1.82) is 0 Å². The van der Waals surface area contributed by atoms with Gasteiger partial charge in [-0.05, 0) is 43.5 Å². The van der Waals surface area contributed by atoms with E-state index < -0.39 is 0 Å². The molecule has 0 spiro atoms. The number of hydrazine groups is 1. The van der Waals surface area contributed by atoms with Crippen LogP contribution in [-0.2, 0) is 9.53 Å². The van der Waals surface area contributed by atoms with Crippen LogP contribution in [0.3, 0.4) is 0 Å². The number of carbonyl (C=O) groups is 1. The van der Waals surface area contributed by atoms with Gasteiger partial charge in [0, 0.05) is 21.7 Å². The van der Waals surface area contributed by atoms with E-state index in [0.29, 0.717) is 6.61 Å². The predicted octanol–water partition coefficient (Wildman–Crippen LogP) is 5.49. The molecule has 5 atom stereocenters. The van der Waals surface area contributed by atoms with Crippen LogP contribution >= 0.6 is 31.9 Å². The van der Waals surface area contributed by atoms with E-state index >= 15 is 0 Å². The number of nitrogens with zero attached hydrogens (tertiary/aromatic N) is 2. The molecule has 2 aliphatic heterocycles. The van der Waals surface area contributed by atoms with Gasteiger partial charge >= 0.3 is 5.97 Å². The summed E-state index contributed by atoms with van der Waals surface area (Å²) in [6.45, 7) is 2.27. The third kappa shape index (κ3) is 3.95. The molecule has 0 aromatic heterocycles. The average molecular weight is 559 g/mol. The van der Waals surface area contributed by atoms with Crippen LogP contribution in [-0.4, -0.2) is 34.3 Å². The van der Waals surface area contributed by atoms with Gasteiger partial charge in [0.05, 0.1) is 29.1 Å². The van der Waals surface area contributed by atoms with E-state index in [1.54, 1.807) is 0 Å². The summed E-state index contributed by atoms with van der Waals surface area (Å²) >= 11 is 7.55. The number of carbonyl (C=O) groups excluding carboxylic acids is 1. The van der Waals surface area contributed by atoms with Crippen LogP contribution in [0.15, 0.2) is 70.1 Å². The molecule has 1 saturated heterocycles. The molecule has 1 saturated carbocycles. The molecule has 5 nitrogen and oxygen atoms in total. The molecule has 1 N–H and O–H groups in total. The van der Waals surface area contributed by atoms with E-state index in [1.807, 2.05) is 25.1 Å². The summed E-state index contributed by atoms with van der Waals surface area (Å²) in [6.07, 6.45) is 3.85. The van der Waals surface area contributed by atoms with Gasteiger partial charge in [-0.3, -0.25) is 14.8 Å². The quantitative estimate of drug-likeness (QED) is 0.390. The molecule has 2 fully saturated rings. The number of halogens is 2. The molecule has 166 valence electrons. The van der Waals surface area contributed by atoms with E-state index in [4.69, 9.17) is 9.73 Å². The van der Waals surface area contributed by atoms with Gasteiger partial charge in [0.15, 0.2) is 0 Å². The lowest BCUT2D eigenvalue weighted by molar-refractivity contribution is -0.152. The van der Waals surface area contributed by atoms with Gasteiger partial charge < -0.3 is 4.74 Å². The summed E-state index contributed by atoms with van der Waals surface area (Å²) < 4.78 is 6.35. The minimum Gasteiger partial charge on any atom is -0.466 e. The minimum atomic E-state index is -0.113. The van der Waals surface area contributed by atoms with Gasteiger partial charge in [-0.2, -0.15) is 0 Å². The molecule has 5 unspecified atom stereocenters. The van der Waals surface area contributed by atoms with E-state index in [-0.39, 0.29) is 34.8 Å². The first-order valence-electron chi connectivity index (χ1n) is 11.0. The maximum atomic E-state index is 12.5. The summed E-state index contributed by atoms with van der Waals surface area (Å²) in [6, 6.07) is 18.8. The third-order valence-electron chi connectivity index (χ3n) is 6.49. The Kier molecular flexibility index (Phi) is 6.23. The Morgan fingerprint density at radius 2 is 2.00 bits per heavy atom. The maximum Gasteiger partial charge on any atom is 0.309 e. The number of allylic oxidation sites excluding steroid dienone is 1. The number of hydrogen-bond donors (Lipinski definition) is 1. The maximum absolute atomic E-state index is 12.5. The molecule has 5 rings (SSSR count). The van der Waals surface area contributed by atoms with Crippen LogP contribution in [0.5, 0.6) is 0 Å². The van der Waals surface area contributed by atoms with Gasteiger partial charge in [-0.1, -0.05) is 74.3 Å². The normalized spacial score (nSPS) is 29.0. The zero-order valence-corrected chi connectivity index (χ0v) is 20.9. The van der Waals surface area contributed by atoms with Gasteiger partial charge in [0.1, 0.15) is 6.17 Å². The van der Waals surface area contributed by atoms with Crippen LogP contribution in [0.25, 0.3) is 5.70 Å². The van der Waals surface area contributed by atoms with E-state index in [0.717, 1.165) is 34.3 Å². The molecular formula is C25H25Br2N3O2. The lowest BCUT2D eigenvalue weighted by atomic mass is 9.70. The van der Waals surface area contributed by atoms with E-state index in [9.17, 15) is 4.79 Å². The summed E-state index contributed by atoms with van der Waals surface area (Å²) in [4.78, 5) is 17.7. The van der Waals surface area contributed by atoms with Crippen molar-refractivity contribution in [2.24, 2.45) is 16.8 Å². The van der Waals surface area contributed by atoms with Crippen LogP contribution < -0.4 is 5.43 Å². The fraction of sp³-hybridized carbons (Fsp3) is 0.360. The van der Waals surface area contributed by atoms with Crippen molar-refractivity contribution >= 4 is 49.2 Å². The number of esters is 1. The number of alkyl halides is 1. The third-order valence-corrected chi connectivity index (χ3v) is 7.99. The van der Waals surface area contributed by atoms with E-state index in [1.165, 1.54) is 5.56 Å². The van der Waals surface area contributed by atoms with Crippen LogP contribution in [0, 0.1) is 11.8 Å². The second-order valence-corrected chi connectivity index (χ2v) is 10.4. The Morgan fingerprint density at radius 1 is 1.19 bits per heavy atom. The highest BCUT2D eigenvalue weighted by Crippen LogP contribution is 2.44. The standard InChI is InChI=1S/C25H25Br2N3O2/c1-2-32-25(31)19-12-11-18(19)20-14-21(16-9-6-10-17(26)13-16)30-24(28-20)22(27)23(29-30)15-7-4-3-5-8-15/h3-10,13-14,18-19,22-24,29H,2,11-12H2,1H3. The Bertz CT molecular complexity index is 1070. The van der Waals surface area contributed by atoms with Crippen LogP contribution in [0.1, 0.15) is 36.9 Å². The van der Waals surface area contributed by atoms with Crippen molar-refractivity contribution in [1.82, 2.24) is 10.4 Å². The van der Waals surface area contributed by atoms with Crippen molar-refractivity contribution in [3.63, 3.8) is 0 Å². The smallest absolute Gasteiger partial charge is 0.309 e. The number of hydrogen-bond acceptors (Lipinski definition) is 5. The minimum absolute atomic E-state index is 0.0804. The molecule has 0 amide bonds. The van der Waals surface area contributed by atoms with Crippen molar-refractivity contribution < 1.29 is 9.53 Å². The highest BCUT2D eigenvalue weighted by Gasteiger charge is 2.47. The number of benzene rings is 2. The van der Waals surface area contributed by atoms with Crippen LogP contribution in [0.4, 0.5) is 0 Å². The summed E-state index contributed by atoms with van der Waals surface area (Å²) in [5.74, 6) is -0.101. The second-order valence-electron chi connectivity index (χ2n) is 8.38. The first-order chi connectivity index (χ1) is 15.6. The molecule has 3 aliphatic rings. The molecule has 7 heteroatoms. The van der Waals surface area contributed by atoms with E-state index in [2.05, 4.69) is 84.8 Å². The summed E-state index contributed by atoms with van der Waals surface area (Å²) in [5, 5.41) is 2.17. The first kappa shape index (κ1) is 21.9. The summed E-state index contributed by atoms with van der Waals surface area (Å²) in [7, 11) is 0. The molecule has 2 heterocycles. The zero-order chi connectivity index (χ0) is 22.2. The lowest BCUT2D eigenvalue weighted by Crippen LogP contribution is -2.44. The Hall–Kier alpha value is -1.96. The Labute approximate surface area is 205 Å². The lowest BCUT2D eigenvalue weighted by Gasteiger charge is -2.39. The molecule has 2 aromatic rings. The predicted molar refractivity (Wildman–Crippen MR) is 133 cm³/mol. The van der Waals surface area contributed by atoms with Gasteiger partial charge in [0.25, 0.3) is 0 Å².